The second kappa shape index (κ2) is 14.0. The summed E-state index contributed by atoms with van der Waals surface area (Å²) in [7, 11) is 0. The molecule has 7 nitrogen and oxygen atoms in total. The number of fused-ring (bicyclic) bond motifs is 3. The van der Waals surface area contributed by atoms with Crippen LogP contribution in [-0.4, -0.2) is 34.5 Å². The van der Waals surface area contributed by atoms with Crippen LogP contribution < -0.4 is 0 Å². The highest BCUT2D eigenvalue weighted by molar-refractivity contribution is 6.10. The van der Waals surface area contributed by atoms with Gasteiger partial charge >= 0.3 is 0 Å². The third-order valence-electron chi connectivity index (χ3n) is 9.96. The fourth-order valence-electron chi connectivity index (χ4n) is 7.26. The molecule has 0 N–H and O–H groups in total. The summed E-state index contributed by atoms with van der Waals surface area (Å²) < 4.78 is 2.32. The molecule has 0 spiro atoms. The van der Waals surface area contributed by atoms with Gasteiger partial charge in [0.1, 0.15) is 0 Å². The maximum absolute atomic E-state index is 5.22. The first-order chi connectivity index (χ1) is 27.7. The lowest BCUT2D eigenvalue weighted by Crippen LogP contribution is -2.05. The third kappa shape index (κ3) is 6.07. The normalized spacial score (nSPS) is 11.3. The molecule has 0 aliphatic rings. The first-order valence-electron chi connectivity index (χ1n) is 18.6. The van der Waals surface area contributed by atoms with Gasteiger partial charge in [-0.05, 0) is 43.3 Å². The molecule has 3 heterocycles. The van der Waals surface area contributed by atoms with E-state index in [1.807, 2.05) is 121 Å². The van der Waals surface area contributed by atoms with E-state index in [9.17, 15) is 0 Å². The lowest BCUT2D eigenvalue weighted by molar-refractivity contribution is 1.06. The number of para-hydroxylation sites is 1. The molecule has 7 aromatic carbocycles. The van der Waals surface area contributed by atoms with Crippen LogP contribution >= 0.6 is 0 Å². The van der Waals surface area contributed by atoms with Gasteiger partial charge in [0.2, 0.25) is 0 Å². The van der Waals surface area contributed by atoms with E-state index in [0.29, 0.717) is 34.9 Å². The van der Waals surface area contributed by atoms with E-state index in [-0.39, 0.29) is 0 Å². The van der Waals surface area contributed by atoms with Gasteiger partial charge in [-0.3, -0.25) is 0 Å². The van der Waals surface area contributed by atoms with Gasteiger partial charge in [-0.25, -0.2) is 29.9 Å². The molecule has 0 fully saturated rings. The van der Waals surface area contributed by atoms with Crippen LogP contribution in [0.5, 0.6) is 0 Å². The predicted molar refractivity (Wildman–Crippen MR) is 225 cm³/mol. The fraction of sp³-hybridized carbons (Fsp3) is 0.0204. The predicted octanol–water partition coefficient (Wildman–Crippen LogP) is 11.5. The minimum Gasteiger partial charge on any atom is -0.309 e. The second-order valence-electron chi connectivity index (χ2n) is 13.7. The van der Waals surface area contributed by atoms with Crippen molar-refractivity contribution in [2.45, 2.75) is 6.92 Å². The molecule has 0 saturated heterocycles. The van der Waals surface area contributed by atoms with E-state index >= 15 is 0 Å². The average molecular weight is 720 g/mol. The molecule has 56 heavy (non-hydrogen) atoms. The zero-order valence-corrected chi connectivity index (χ0v) is 30.5. The molecule has 264 valence electrons. The van der Waals surface area contributed by atoms with Crippen molar-refractivity contribution in [3.8, 4) is 74.0 Å². The van der Waals surface area contributed by atoms with Crippen LogP contribution in [0.15, 0.2) is 182 Å². The minimum absolute atomic E-state index is 0.535. The fourth-order valence-corrected chi connectivity index (χ4v) is 7.26. The Kier molecular flexibility index (Phi) is 8.22. The molecule has 0 aliphatic carbocycles. The van der Waals surface area contributed by atoms with E-state index in [0.717, 1.165) is 50.1 Å². The molecule has 3 aromatic heterocycles. The Labute approximate surface area is 323 Å². The lowest BCUT2D eigenvalue weighted by Gasteiger charge is -2.16. The number of aromatic nitrogens is 7. The highest BCUT2D eigenvalue weighted by atomic mass is 15.1. The number of hydrogen-bond donors (Lipinski definition) is 0. The zero-order valence-electron chi connectivity index (χ0n) is 30.5. The summed E-state index contributed by atoms with van der Waals surface area (Å²) in [6, 6.07) is 61.7. The highest BCUT2D eigenvalue weighted by Gasteiger charge is 2.22. The van der Waals surface area contributed by atoms with Crippen molar-refractivity contribution in [2.24, 2.45) is 0 Å². The molecule has 10 aromatic rings. The van der Waals surface area contributed by atoms with E-state index in [4.69, 9.17) is 29.9 Å². The molecule has 0 radical (unpaired) electrons. The third-order valence-corrected chi connectivity index (χ3v) is 9.96. The maximum Gasteiger partial charge on any atom is 0.166 e. The van der Waals surface area contributed by atoms with Crippen molar-refractivity contribution < 1.29 is 0 Å². The highest BCUT2D eigenvalue weighted by Crippen LogP contribution is 2.38. The van der Waals surface area contributed by atoms with Crippen LogP contribution in [0, 0.1) is 6.92 Å². The van der Waals surface area contributed by atoms with Crippen molar-refractivity contribution in [3.05, 3.63) is 188 Å². The topological polar surface area (TPSA) is 82.3 Å². The van der Waals surface area contributed by atoms with Crippen LogP contribution in [0.4, 0.5) is 0 Å². The molecule has 10 rings (SSSR count). The summed E-state index contributed by atoms with van der Waals surface area (Å²) in [5.74, 6) is 3.44. The van der Waals surface area contributed by atoms with Gasteiger partial charge in [-0.2, -0.15) is 0 Å². The molecule has 0 atom stereocenters. The number of hydrogen-bond acceptors (Lipinski definition) is 6. The van der Waals surface area contributed by atoms with Crippen LogP contribution in [0.2, 0.25) is 0 Å². The smallest absolute Gasteiger partial charge is 0.166 e. The van der Waals surface area contributed by atoms with Crippen molar-refractivity contribution >= 4 is 21.8 Å². The minimum atomic E-state index is 0.535. The van der Waals surface area contributed by atoms with Crippen LogP contribution in [-0.2, 0) is 0 Å². The Balaban J connectivity index is 1.27. The van der Waals surface area contributed by atoms with Crippen LogP contribution in [0.1, 0.15) is 5.56 Å². The first-order valence-corrected chi connectivity index (χ1v) is 18.6. The Morgan fingerprint density at radius 1 is 0.321 bits per heavy atom. The summed E-state index contributed by atoms with van der Waals surface area (Å²) in [4.78, 5) is 30.6. The van der Waals surface area contributed by atoms with E-state index in [1.165, 1.54) is 16.3 Å². The van der Waals surface area contributed by atoms with Crippen molar-refractivity contribution in [2.75, 3.05) is 0 Å². The summed E-state index contributed by atoms with van der Waals surface area (Å²) in [5, 5.41) is 2.35. The van der Waals surface area contributed by atoms with Gasteiger partial charge < -0.3 is 4.57 Å². The monoisotopic (exact) mass is 719 g/mol. The van der Waals surface area contributed by atoms with Gasteiger partial charge in [-0.1, -0.05) is 151 Å². The summed E-state index contributed by atoms with van der Waals surface area (Å²) in [6.45, 7) is 2.13. The molecule has 0 saturated carbocycles. The van der Waals surface area contributed by atoms with Crippen LogP contribution in [0.25, 0.3) is 95.8 Å². The molecule has 0 unspecified atom stereocenters. The molecular weight excluding hydrogens is 687 g/mol. The van der Waals surface area contributed by atoms with Gasteiger partial charge in [-0.15, -0.1) is 0 Å². The van der Waals surface area contributed by atoms with Gasteiger partial charge in [0, 0.05) is 44.2 Å². The van der Waals surface area contributed by atoms with Gasteiger partial charge in [0.25, 0.3) is 0 Å². The molecular formula is C49H33N7. The Morgan fingerprint density at radius 2 is 0.732 bits per heavy atom. The quantitative estimate of drug-likeness (QED) is 0.163. The Bertz CT molecular complexity index is 2900. The van der Waals surface area contributed by atoms with Crippen molar-refractivity contribution in [1.29, 1.82) is 0 Å². The molecule has 0 aliphatic heterocycles. The van der Waals surface area contributed by atoms with E-state index in [1.54, 1.807) is 0 Å². The van der Waals surface area contributed by atoms with E-state index in [2.05, 4.69) is 72.2 Å². The lowest BCUT2D eigenvalue weighted by atomic mass is 10.1. The Hall–Kier alpha value is -7.64. The van der Waals surface area contributed by atoms with Gasteiger partial charge in [0.05, 0.1) is 16.7 Å². The Morgan fingerprint density at radius 3 is 1.23 bits per heavy atom. The SMILES string of the molecule is Cc1ccc2c(c1)c1ccccc1n2-c1ccc(-c2nc(-c3ccccc3)nc(-c3ccccc3)n2)cc1-c1nc(-c2ccccc2)nc(-c2ccccc2)n1. The largest absolute Gasteiger partial charge is 0.309 e. The zero-order chi connectivity index (χ0) is 37.4. The number of aryl methyl sites for hydroxylation is 1. The second-order valence-corrected chi connectivity index (χ2v) is 13.7. The standard InChI is InChI=1S/C49H33N7/c1-32-26-28-42-39(30-32)38-24-14-15-25-41(38)56(42)43-29-27-37(48-52-44(33-16-6-2-7-17-33)50-45(53-48)34-18-8-3-9-19-34)31-40(43)49-54-46(35-20-10-4-11-21-35)51-47(55-49)36-22-12-5-13-23-36/h2-31H,1H3. The first kappa shape index (κ1) is 33.0. The average Bonchev–Trinajstić information content (AvgIpc) is 3.60. The summed E-state index contributed by atoms with van der Waals surface area (Å²) >= 11 is 0. The summed E-state index contributed by atoms with van der Waals surface area (Å²) in [5.41, 5.74) is 9.52. The maximum atomic E-state index is 5.22. The molecule has 0 amide bonds. The number of rotatable bonds is 7. The van der Waals surface area contributed by atoms with Crippen molar-refractivity contribution in [3.63, 3.8) is 0 Å². The number of benzene rings is 7. The van der Waals surface area contributed by atoms with Crippen LogP contribution in [0.3, 0.4) is 0 Å². The van der Waals surface area contributed by atoms with Gasteiger partial charge in [0.15, 0.2) is 34.9 Å². The van der Waals surface area contributed by atoms with E-state index < -0.39 is 0 Å². The summed E-state index contributed by atoms with van der Waals surface area (Å²) in [6.07, 6.45) is 0. The number of nitrogens with zero attached hydrogens (tertiary/aromatic N) is 7. The molecule has 7 heteroatoms. The molecule has 0 bridgehead atoms. The van der Waals surface area contributed by atoms with Crippen molar-refractivity contribution in [1.82, 2.24) is 34.5 Å².